The largest absolute Gasteiger partial charge is 0.398 e. The molecule has 3 rings (SSSR count). The fraction of sp³-hybridized carbons (Fsp3) is 0.609. The minimum atomic E-state index is -0.0388. The third kappa shape index (κ3) is 3.91. The molecular formula is C23H35N3O. The van der Waals surface area contributed by atoms with Crippen LogP contribution >= 0.6 is 0 Å². The molecule has 0 unspecified atom stereocenters. The van der Waals surface area contributed by atoms with Gasteiger partial charge in [-0.05, 0) is 74.9 Å². The summed E-state index contributed by atoms with van der Waals surface area (Å²) in [5.41, 5.74) is 11.5. The Morgan fingerprint density at radius 2 is 1.81 bits per heavy atom. The number of nitrogens with two attached hydrogens (primary N) is 1. The first-order valence-corrected chi connectivity index (χ1v) is 10.2. The predicted molar refractivity (Wildman–Crippen MR) is 113 cm³/mol. The van der Waals surface area contributed by atoms with E-state index in [1.54, 1.807) is 6.92 Å². The van der Waals surface area contributed by atoms with E-state index in [1.807, 2.05) is 4.90 Å². The van der Waals surface area contributed by atoms with Gasteiger partial charge in [-0.25, -0.2) is 0 Å². The molecule has 0 spiro atoms. The highest BCUT2D eigenvalue weighted by Gasteiger charge is 2.39. The van der Waals surface area contributed by atoms with Gasteiger partial charge in [0.05, 0.1) is 0 Å². The van der Waals surface area contributed by atoms with Gasteiger partial charge in [-0.1, -0.05) is 26.0 Å². The number of anilines is 1. The minimum Gasteiger partial charge on any atom is -0.398 e. The van der Waals surface area contributed by atoms with Crippen LogP contribution in [-0.2, 0) is 10.3 Å². The van der Waals surface area contributed by atoms with Crippen LogP contribution in [0.5, 0.6) is 0 Å². The van der Waals surface area contributed by atoms with Crippen molar-refractivity contribution in [2.24, 2.45) is 5.41 Å². The van der Waals surface area contributed by atoms with Gasteiger partial charge in [-0.3, -0.25) is 9.69 Å². The van der Waals surface area contributed by atoms with Crippen LogP contribution in [0, 0.1) is 5.41 Å². The quantitative estimate of drug-likeness (QED) is 0.810. The molecule has 1 aromatic carbocycles. The van der Waals surface area contributed by atoms with Crippen molar-refractivity contribution in [1.29, 1.82) is 0 Å². The van der Waals surface area contributed by atoms with Gasteiger partial charge in [0.25, 0.3) is 0 Å². The third-order valence-corrected chi connectivity index (χ3v) is 6.80. The lowest BCUT2D eigenvalue weighted by Gasteiger charge is -2.46. The van der Waals surface area contributed by atoms with Crippen molar-refractivity contribution in [3.8, 4) is 0 Å². The molecule has 2 N–H and O–H groups in total. The van der Waals surface area contributed by atoms with Crippen LogP contribution in [0.2, 0.25) is 0 Å². The number of nitrogens with zero attached hydrogens (tertiary/aromatic N) is 2. The molecule has 0 radical (unpaired) electrons. The summed E-state index contributed by atoms with van der Waals surface area (Å²) in [5, 5.41) is 0. The Morgan fingerprint density at radius 3 is 2.33 bits per heavy atom. The summed E-state index contributed by atoms with van der Waals surface area (Å²) in [5.74, 6) is 0.176. The number of rotatable bonds is 3. The van der Waals surface area contributed by atoms with E-state index in [0.717, 1.165) is 44.5 Å². The second kappa shape index (κ2) is 7.31. The number of allylic oxidation sites excluding steroid dienone is 2. The van der Waals surface area contributed by atoms with Gasteiger partial charge >= 0.3 is 0 Å². The van der Waals surface area contributed by atoms with Crippen molar-refractivity contribution in [3.05, 3.63) is 35.4 Å². The fourth-order valence-electron chi connectivity index (χ4n) is 4.63. The molecule has 1 heterocycles. The Bertz CT molecular complexity index is 740. The zero-order valence-electron chi connectivity index (χ0n) is 17.6. The van der Waals surface area contributed by atoms with Gasteiger partial charge in [0.1, 0.15) is 0 Å². The van der Waals surface area contributed by atoms with Crippen molar-refractivity contribution < 1.29 is 4.79 Å². The number of benzene rings is 1. The van der Waals surface area contributed by atoms with Gasteiger partial charge < -0.3 is 10.6 Å². The Kier molecular flexibility index (Phi) is 5.40. The van der Waals surface area contributed by atoms with E-state index in [0.29, 0.717) is 5.41 Å². The number of carbonyl (C=O) groups excluding carboxylic acids is 1. The van der Waals surface area contributed by atoms with E-state index in [1.165, 1.54) is 23.1 Å². The standard InChI is InChI=1S/C23H35N3O/c1-17(27)26-14-12-23(13-15-26,25(4)5)19-6-7-21(24)20(16-19)18-8-10-22(2,3)11-9-18/h6-8,16H,9-15,24H2,1-5H3. The number of nitrogen functional groups attached to an aromatic ring is 1. The second-order valence-corrected chi connectivity index (χ2v) is 9.33. The summed E-state index contributed by atoms with van der Waals surface area (Å²) < 4.78 is 0. The van der Waals surface area contributed by atoms with E-state index in [2.05, 4.69) is 57.1 Å². The fourth-order valence-corrected chi connectivity index (χ4v) is 4.63. The molecule has 1 saturated heterocycles. The molecule has 0 bridgehead atoms. The third-order valence-electron chi connectivity index (χ3n) is 6.80. The summed E-state index contributed by atoms with van der Waals surface area (Å²) in [7, 11) is 4.31. The molecule has 27 heavy (non-hydrogen) atoms. The predicted octanol–water partition coefficient (Wildman–Crippen LogP) is 4.26. The minimum absolute atomic E-state index is 0.0388. The molecule has 4 nitrogen and oxygen atoms in total. The molecule has 1 fully saturated rings. The summed E-state index contributed by atoms with van der Waals surface area (Å²) in [6, 6.07) is 6.59. The highest BCUT2D eigenvalue weighted by Crippen LogP contribution is 2.42. The average molecular weight is 370 g/mol. The highest BCUT2D eigenvalue weighted by molar-refractivity contribution is 5.76. The maximum Gasteiger partial charge on any atom is 0.219 e. The zero-order chi connectivity index (χ0) is 19.8. The summed E-state index contributed by atoms with van der Waals surface area (Å²) in [4.78, 5) is 16.1. The molecule has 2 aliphatic rings. The van der Waals surface area contributed by atoms with Crippen LogP contribution in [0.3, 0.4) is 0 Å². The van der Waals surface area contributed by atoms with E-state index >= 15 is 0 Å². The van der Waals surface area contributed by atoms with Crippen molar-refractivity contribution in [2.75, 3.05) is 32.9 Å². The second-order valence-electron chi connectivity index (χ2n) is 9.33. The first-order valence-electron chi connectivity index (χ1n) is 10.2. The van der Waals surface area contributed by atoms with E-state index in [9.17, 15) is 4.79 Å². The Morgan fingerprint density at radius 1 is 1.15 bits per heavy atom. The summed E-state index contributed by atoms with van der Waals surface area (Å²) in [6.07, 6.45) is 7.70. The van der Waals surface area contributed by atoms with E-state index in [4.69, 9.17) is 5.73 Å². The van der Waals surface area contributed by atoms with Crippen LogP contribution in [0.4, 0.5) is 5.69 Å². The molecule has 4 heteroatoms. The van der Waals surface area contributed by atoms with Crippen LogP contribution in [0.25, 0.3) is 5.57 Å². The van der Waals surface area contributed by atoms with Gasteiger partial charge in [0.2, 0.25) is 5.91 Å². The maximum atomic E-state index is 11.8. The van der Waals surface area contributed by atoms with Gasteiger partial charge in [-0.15, -0.1) is 0 Å². The van der Waals surface area contributed by atoms with Gasteiger partial charge in [0.15, 0.2) is 0 Å². The van der Waals surface area contributed by atoms with Crippen LogP contribution in [-0.4, -0.2) is 42.9 Å². The number of amides is 1. The average Bonchev–Trinajstić information content (AvgIpc) is 2.62. The molecule has 1 amide bonds. The van der Waals surface area contributed by atoms with E-state index < -0.39 is 0 Å². The molecule has 0 saturated carbocycles. The molecule has 148 valence electrons. The monoisotopic (exact) mass is 369 g/mol. The SMILES string of the molecule is CC(=O)N1CCC(c2ccc(N)c(C3=CCC(C)(C)CC3)c2)(N(C)C)CC1. The normalized spacial score (nSPS) is 21.9. The Labute approximate surface area is 164 Å². The number of piperidine rings is 1. The number of likely N-dealkylation sites (tertiary alicyclic amines) is 1. The first-order chi connectivity index (χ1) is 12.6. The lowest BCUT2D eigenvalue weighted by atomic mass is 9.75. The lowest BCUT2D eigenvalue weighted by molar-refractivity contribution is -0.131. The topological polar surface area (TPSA) is 49.6 Å². The van der Waals surface area contributed by atoms with Gasteiger partial charge in [0, 0.05) is 36.8 Å². The molecule has 1 aliphatic heterocycles. The van der Waals surface area contributed by atoms with Gasteiger partial charge in [-0.2, -0.15) is 0 Å². The molecule has 0 aromatic heterocycles. The maximum absolute atomic E-state index is 11.8. The molecule has 0 atom stereocenters. The van der Waals surface area contributed by atoms with Crippen LogP contribution in [0.1, 0.15) is 64.0 Å². The summed E-state index contributed by atoms with van der Waals surface area (Å²) >= 11 is 0. The van der Waals surface area contributed by atoms with Crippen molar-refractivity contribution in [3.63, 3.8) is 0 Å². The zero-order valence-corrected chi connectivity index (χ0v) is 17.6. The number of hydrogen-bond acceptors (Lipinski definition) is 3. The smallest absolute Gasteiger partial charge is 0.219 e. The number of hydrogen-bond donors (Lipinski definition) is 1. The lowest BCUT2D eigenvalue weighted by Crippen LogP contribution is -2.51. The number of carbonyl (C=O) groups is 1. The first kappa shape index (κ1) is 19.9. The van der Waals surface area contributed by atoms with Crippen molar-refractivity contribution in [2.45, 2.75) is 58.4 Å². The molecule has 1 aliphatic carbocycles. The Hall–Kier alpha value is -1.81. The van der Waals surface area contributed by atoms with Crippen LogP contribution < -0.4 is 5.73 Å². The highest BCUT2D eigenvalue weighted by atomic mass is 16.2. The summed E-state index contributed by atoms with van der Waals surface area (Å²) in [6.45, 7) is 7.96. The van der Waals surface area contributed by atoms with Crippen LogP contribution in [0.15, 0.2) is 24.3 Å². The van der Waals surface area contributed by atoms with Crippen molar-refractivity contribution in [1.82, 2.24) is 9.80 Å². The van der Waals surface area contributed by atoms with Crippen molar-refractivity contribution >= 4 is 17.2 Å². The Balaban J connectivity index is 1.94. The van der Waals surface area contributed by atoms with E-state index in [-0.39, 0.29) is 11.4 Å². The molecule has 1 aromatic rings. The molecular weight excluding hydrogens is 334 g/mol.